The first-order valence-electron chi connectivity index (χ1n) is 3.51. The van der Waals surface area contributed by atoms with Crippen LogP contribution in [-0.4, -0.2) is 28.5 Å². The molecule has 6 nitrogen and oxygen atoms in total. The predicted molar refractivity (Wildman–Crippen MR) is 41.2 cm³/mol. The number of rotatable bonds is 3. The third-order valence-electron chi connectivity index (χ3n) is 1.36. The molecule has 1 aromatic rings. The lowest BCUT2D eigenvalue weighted by molar-refractivity contribution is -0.135. The molecule has 0 aromatic carbocycles. The second kappa shape index (κ2) is 3.70. The van der Waals surface area contributed by atoms with Crippen molar-refractivity contribution in [2.45, 2.75) is 6.92 Å². The molecule has 13 heavy (non-hydrogen) atoms. The van der Waals surface area contributed by atoms with Gasteiger partial charge in [-0.05, 0) is 6.92 Å². The van der Waals surface area contributed by atoms with E-state index in [4.69, 9.17) is 9.52 Å². The highest BCUT2D eigenvalue weighted by atomic mass is 16.4. The zero-order valence-corrected chi connectivity index (χ0v) is 6.90. The molecule has 1 amide bonds. The number of amides is 1. The molecule has 2 N–H and O–H groups in total. The summed E-state index contributed by atoms with van der Waals surface area (Å²) in [7, 11) is 0. The first kappa shape index (κ1) is 9.24. The normalized spacial score (nSPS) is 9.62. The van der Waals surface area contributed by atoms with Crippen LogP contribution in [0.25, 0.3) is 0 Å². The van der Waals surface area contributed by atoms with Gasteiger partial charge in [0, 0.05) is 0 Å². The average molecular weight is 184 g/mol. The van der Waals surface area contributed by atoms with E-state index < -0.39 is 18.4 Å². The number of hydrogen-bond acceptors (Lipinski definition) is 4. The van der Waals surface area contributed by atoms with Gasteiger partial charge in [0.05, 0.1) is 0 Å². The summed E-state index contributed by atoms with van der Waals surface area (Å²) in [5.74, 6) is -1.29. The molecular weight excluding hydrogens is 176 g/mol. The summed E-state index contributed by atoms with van der Waals surface area (Å²) in [6.07, 6.45) is 1.13. The number of carbonyl (C=O) groups excluding carboxylic acids is 1. The van der Waals surface area contributed by atoms with E-state index in [-0.39, 0.29) is 5.69 Å². The Kier molecular flexibility index (Phi) is 2.63. The Morgan fingerprint density at radius 3 is 2.85 bits per heavy atom. The standard InChI is InChI=1S/C7H8N2O4/c1-4-6(9-3-13-4)7(12)8-2-5(10)11/h3H,2H2,1H3,(H,8,12)(H,10,11). The Hall–Kier alpha value is -1.85. The van der Waals surface area contributed by atoms with Gasteiger partial charge < -0.3 is 14.8 Å². The van der Waals surface area contributed by atoms with E-state index in [0.29, 0.717) is 5.76 Å². The van der Waals surface area contributed by atoms with E-state index in [9.17, 15) is 9.59 Å². The molecule has 0 unspecified atom stereocenters. The summed E-state index contributed by atoms with van der Waals surface area (Å²) in [4.78, 5) is 24.9. The molecule has 0 saturated carbocycles. The van der Waals surface area contributed by atoms with Crippen LogP contribution in [0.1, 0.15) is 16.2 Å². The molecule has 0 aliphatic carbocycles. The van der Waals surface area contributed by atoms with Crippen LogP contribution in [0.15, 0.2) is 10.8 Å². The van der Waals surface area contributed by atoms with E-state index >= 15 is 0 Å². The van der Waals surface area contributed by atoms with Crippen LogP contribution in [0.2, 0.25) is 0 Å². The molecule has 70 valence electrons. The maximum absolute atomic E-state index is 11.1. The molecule has 1 rings (SSSR count). The molecule has 0 aliphatic heterocycles. The quantitative estimate of drug-likeness (QED) is 0.678. The lowest BCUT2D eigenvalue weighted by Gasteiger charge is -1.98. The van der Waals surface area contributed by atoms with Gasteiger partial charge in [-0.25, -0.2) is 4.98 Å². The molecule has 0 spiro atoms. The van der Waals surface area contributed by atoms with Crippen molar-refractivity contribution in [3.63, 3.8) is 0 Å². The van der Waals surface area contributed by atoms with Crippen molar-refractivity contribution in [2.75, 3.05) is 6.54 Å². The van der Waals surface area contributed by atoms with Gasteiger partial charge in [-0.1, -0.05) is 0 Å². The molecule has 1 aromatic heterocycles. The summed E-state index contributed by atoms with van der Waals surface area (Å²) in [6.45, 7) is 1.15. The smallest absolute Gasteiger partial charge is 0.322 e. The minimum absolute atomic E-state index is 0.112. The number of carboxylic acids is 1. The van der Waals surface area contributed by atoms with E-state index in [1.807, 2.05) is 0 Å². The van der Waals surface area contributed by atoms with Crippen LogP contribution in [0, 0.1) is 6.92 Å². The minimum atomic E-state index is -1.10. The van der Waals surface area contributed by atoms with Crippen molar-refractivity contribution in [3.05, 3.63) is 17.8 Å². The Morgan fingerprint density at radius 2 is 2.38 bits per heavy atom. The van der Waals surface area contributed by atoms with Gasteiger partial charge in [0.15, 0.2) is 12.1 Å². The number of aryl methyl sites for hydroxylation is 1. The number of carbonyl (C=O) groups is 2. The van der Waals surface area contributed by atoms with Gasteiger partial charge in [0.2, 0.25) is 0 Å². The first-order valence-corrected chi connectivity index (χ1v) is 3.51. The van der Waals surface area contributed by atoms with E-state index in [1.165, 1.54) is 0 Å². The van der Waals surface area contributed by atoms with Crippen LogP contribution < -0.4 is 5.32 Å². The van der Waals surface area contributed by atoms with Gasteiger partial charge >= 0.3 is 5.97 Å². The number of hydrogen-bond donors (Lipinski definition) is 2. The summed E-state index contributed by atoms with van der Waals surface area (Å²) < 4.78 is 4.77. The molecule has 6 heteroatoms. The summed E-state index contributed by atoms with van der Waals surface area (Å²) in [6, 6.07) is 0. The number of aromatic nitrogens is 1. The second-order valence-electron chi connectivity index (χ2n) is 2.33. The number of aliphatic carboxylic acids is 1. The Morgan fingerprint density at radius 1 is 1.69 bits per heavy atom. The number of carboxylic acid groups (broad SMARTS) is 1. The van der Waals surface area contributed by atoms with Crippen molar-refractivity contribution < 1.29 is 19.1 Å². The van der Waals surface area contributed by atoms with E-state index in [1.54, 1.807) is 6.92 Å². The molecule has 1 heterocycles. The van der Waals surface area contributed by atoms with Gasteiger partial charge in [-0.2, -0.15) is 0 Å². The summed E-state index contributed by atoms with van der Waals surface area (Å²) in [5.41, 5.74) is 0.112. The predicted octanol–water partition coefficient (Wildman–Crippen LogP) is -0.203. The van der Waals surface area contributed by atoms with Gasteiger partial charge in [-0.3, -0.25) is 9.59 Å². The van der Waals surface area contributed by atoms with Crippen molar-refractivity contribution in [3.8, 4) is 0 Å². The molecule has 0 aliphatic rings. The highest BCUT2D eigenvalue weighted by Gasteiger charge is 2.13. The van der Waals surface area contributed by atoms with Crippen molar-refractivity contribution in [1.82, 2.24) is 10.3 Å². The van der Waals surface area contributed by atoms with E-state index in [0.717, 1.165) is 6.39 Å². The molecule has 0 atom stereocenters. The van der Waals surface area contributed by atoms with Crippen molar-refractivity contribution >= 4 is 11.9 Å². The fraction of sp³-hybridized carbons (Fsp3) is 0.286. The average Bonchev–Trinajstić information content (AvgIpc) is 2.47. The molecule has 0 radical (unpaired) electrons. The summed E-state index contributed by atoms with van der Waals surface area (Å²) in [5, 5.41) is 10.4. The third kappa shape index (κ3) is 2.29. The minimum Gasteiger partial charge on any atom is -0.480 e. The molecule has 0 saturated heterocycles. The van der Waals surface area contributed by atoms with Crippen LogP contribution in [0.3, 0.4) is 0 Å². The van der Waals surface area contributed by atoms with Gasteiger partial charge in [-0.15, -0.1) is 0 Å². The largest absolute Gasteiger partial charge is 0.480 e. The van der Waals surface area contributed by atoms with Crippen LogP contribution >= 0.6 is 0 Å². The fourth-order valence-electron chi connectivity index (χ4n) is 0.763. The first-order chi connectivity index (χ1) is 6.11. The number of nitrogens with zero attached hydrogens (tertiary/aromatic N) is 1. The lowest BCUT2D eigenvalue weighted by atomic mass is 10.3. The molecular formula is C7H8N2O4. The SMILES string of the molecule is Cc1ocnc1C(=O)NCC(=O)O. The Bertz CT molecular complexity index is 331. The maximum Gasteiger partial charge on any atom is 0.322 e. The van der Waals surface area contributed by atoms with Gasteiger partial charge in [0.1, 0.15) is 12.3 Å². The Balaban J connectivity index is 2.59. The van der Waals surface area contributed by atoms with Crippen molar-refractivity contribution in [2.24, 2.45) is 0 Å². The Labute approximate surface area is 73.6 Å². The zero-order valence-electron chi connectivity index (χ0n) is 6.90. The van der Waals surface area contributed by atoms with Crippen molar-refractivity contribution in [1.29, 1.82) is 0 Å². The van der Waals surface area contributed by atoms with Gasteiger partial charge in [0.25, 0.3) is 5.91 Å². The molecule has 0 fully saturated rings. The van der Waals surface area contributed by atoms with Crippen LogP contribution in [0.4, 0.5) is 0 Å². The highest BCUT2D eigenvalue weighted by Crippen LogP contribution is 2.03. The van der Waals surface area contributed by atoms with Crippen LogP contribution in [0.5, 0.6) is 0 Å². The lowest BCUT2D eigenvalue weighted by Crippen LogP contribution is -2.29. The number of nitrogens with one attached hydrogen (secondary N) is 1. The monoisotopic (exact) mass is 184 g/mol. The summed E-state index contributed by atoms with van der Waals surface area (Å²) >= 11 is 0. The fourth-order valence-corrected chi connectivity index (χ4v) is 0.763. The van der Waals surface area contributed by atoms with Crippen LogP contribution in [-0.2, 0) is 4.79 Å². The molecule has 0 bridgehead atoms. The highest BCUT2D eigenvalue weighted by molar-refractivity contribution is 5.94. The zero-order chi connectivity index (χ0) is 9.84. The van der Waals surface area contributed by atoms with E-state index in [2.05, 4.69) is 10.3 Å². The maximum atomic E-state index is 11.1. The topological polar surface area (TPSA) is 92.4 Å². The number of oxazole rings is 1. The third-order valence-corrected chi connectivity index (χ3v) is 1.36. The second-order valence-corrected chi connectivity index (χ2v) is 2.33.